The first-order valence-electron chi connectivity index (χ1n) is 7.56. The zero-order valence-corrected chi connectivity index (χ0v) is 15.5. The van der Waals surface area contributed by atoms with E-state index in [1.54, 1.807) is 41.3 Å². The second kappa shape index (κ2) is 6.57. The Bertz CT molecular complexity index is 879. The lowest BCUT2D eigenvalue weighted by Gasteiger charge is -2.19. The number of benzene rings is 2. The van der Waals surface area contributed by atoms with Gasteiger partial charge in [-0.15, -0.1) is 0 Å². The number of nitrogens with one attached hydrogen (secondary N) is 1. The van der Waals surface area contributed by atoms with E-state index in [4.69, 9.17) is 0 Å². The second-order valence-corrected chi connectivity index (χ2v) is 8.31. The van der Waals surface area contributed by atoms with Gasteiger partial charge >= 0.3 is 0 Å². The van der Waals surface area contributed by atoms with Crippen LogP contribution in [0.4, 0.5) is 11.4 Å². The Labute approximate surface area is 149 Å². The van der Waals surface area contributed by atoms with Gasteiger partial charge in [-0.05, 0) is 61.4 Å². The molecule has 1 aliphatic heterocycles. The molecule has 1 amide bonds. The Balaban J connectivity index is 1.87. The Morgan fingerprint density at radius 1 is 1.12 bits per heavy atom. The lowest BCUT2D eigenvalue weighted by Crippen LogP contribution is -2.24. The Morgan fingerprint density at radius 2 is 1.83 bits per heavy atom. The Morgan fingerprint density at radius 3 is 2.42 bits per heavy atom. The van der Waals surface area contributed by atoms with E-state index in [1.807, 2.05) is 6.92 Å². The van der Waals surface area contributed by atoms with E-state index in [9.17, 15) is 13.2 Å². The minimum Gasteiger partial charge on any atom is -0.312 e. The Kier molecular flexibility index (Phi) is 4.64. The van der Waals surface area contributed by atoms with Crippen LogP contribution < -0.4 is 9.62 Å². The molecule has 1 N–H and O–H groups in total. The summed E-state index contributed by atoms with van der Waals surface area (Å²) in [5, 5.41) is 0. The first kappa shape index (κ1) is 17.0. The second-order valence-electron chi connectivity index (χ2n) is 5.71. The average molecular weight is 409 g/mol. The van der Waals surface area contributed by atoms with Gasteiger partial charge < -0.3 is 4.90 Å². The molecule has 2 aromatic rings. The fourth-order valence-corrected chi connectivity index (χ4v) is 4.14. The smallest absolute Gasteiger partial charge is 0.261 e. The van der Waals surface area contributed by atoms with Crippen LogP contribution in [-0.2, 0) is 14.8 Å². The maximum absolute atomic E-state index is 12.5. The van der Waals surface area contributed by atoms with Crippen LogP contribution in [-0.4, -0.2) is 20.9 Å². The van der Waals surface area contributed by atoms with Crippen LogP contribution in [0.2, 0.25) is 0 Å². The summed E-state index contributed by atoms with van der Waals surface area (Å²) in [5.41, 5.74) is 2.04. The maximum Gasteiger partial charge on any atom is 0.261 e. The number of nitrogens with zero attached hydrogens (tertiary/aromatic N) is 1. The van der Waals surface area contributed by atoms with Crippen molar-refractivity contribution in [3.63, 3.8) is 0 Å². The summed E-state index contributed by atoms with van der Waals surface area (Å²) in [4.78, 5) is 13.8. The molecule has 7 heteroatoms. The highest BCUT2D eigenvalue weighted by molar-refractivity contribution is 9.10. The van der Waals surface area contributed by atoms with Crippen LogP contribution in [0.15, 0.2) is 51.8 Å². The van der Waals surface area contributed by atoms with Crippen molar-refractivity contribution in [2.24, 2.45) is 0 Å². The molecule has 0 saturated carbocycles. The molecule has 0 aromatic heterocycles. The van der Waals surface area contributed by atoms with Gasteiger partial charge in [-0.2, -0.15) is 0 Å². The summed E-state index contributed by atoms with van der Waals surface area (Å²) in [6.45, 7) is 2.50. The first-order chi connectivity index (χ1) is 11.4. The summed E-state index contributed by atoms with van der Waals surface area (Å²) in [7, 11) is -3.67. The van der Waals surface area contributed by atoms with Crippen LogP contribution in [0.1, 0.15) is 18.4 Å². The van der Waals surface area contributed by atoms with Gasteiger partial charge in [0.15, 0.2) is 0 Å². The number of hydrogen-bond acceptors (Lipinski definition) is 3. The molecule has 0 unspecified atom stereocenters. The third-order valence-corrected chi connectivity index (χ3v) is 5.85. The predicted octanol–water partition coefficient (Wildman–Crippen LogP) is 3.69. The van der Waals surface area contributed by atoms with Gasteiger partial charge in [-0.3, -0.25) is 9.52 Å². The number of anilines is 2. The molecule has 2 aromatic carbocycles. The molecular formula is C17H17BrN2O3S. The lowest BCUT2D eigenvalue weighted by atomic mass is 10.2. The van der Waals surface area contributed by atoms with Crippen LogP contribution in [0, 0.1) is 6.92 Å². The predicted molar refractivity (Wildman–Crippen MR) is 97.7 cm³/mol. The molecule has 0 radical (unpaired) electrons. The van der Waals surface area contributed by atoms with E-state index in [0.29, 0.717) is 18.7 Å². The quantitative estimate of drug-likeness (QED) is 0.838. The standard InChI is InChI=1S/C17H17BrN2O3S/c1-12-11-15(8-9-16(12)20-10-2-3-17(20)21)24(22,23)19-14-6-4-13(18)5-7-14/h4-9,11,19H,2-3,10H2,1H3. The highest BCUT2D eigenvalue weighted by atomic mass is 79.9. The summed E-state index contributed by atoms with van der Waals surface area (Å²) >= 11 is 3.32. The van der Waals surface area contributed by atoms with Gasteiger partial charge in [0.2, 0.25) is 5.91 Å². The number of aryl methyl sites for hydroxylation is 1. The fourth-order valence-electron chi connectivity index (χ4n) is 2.73. The molecule has 0 spiro atoms. The van der Waals surface area contributed by atoms with Crippen LogP contribution in [0.3, 0.4) is 0 Å². The zero-order chi connectivity index (χ0) is 17.3. The minimum absolute atomic E-state index is 0.0849. The van der Waals surface area contributed by atoms with Gasteiger partial charge in [0, 0.05) is 28.8 Å². The number of carbonyl (C=O) groups excluding carboxylic acids is 1. The highest BCUT2D eigenvalue weighted by Gasteiger charge is 2.24. The van der Waals surface area contributed by atoms with Crippen molar-refractivity contribution in [3.8, 4) is 0 Å². The molecule has 0 aliphatic carbocycles. The third kappa shape index (κ3) is 3.47. The van der Waals surface area contributed by atoms with Gasteiger partial charge in [0.05, 0.1) is 4.90 Å². The summed E-state index contributed by atoms with van der Waals surface area (Å²) in [6, 6.07) is 11.7. The molecule has 126 valence electrons. The highest BCUT2D eigenvalue weighted by Crippen LogP contribution is 2.28. The molecule has 1 fully saturated rings. The average Bonchev–Trinajstić information content (AvgIpc) is 2.95. The van der Waals surface area contributed by atoms with E-state index in [1.165, 1.54) is 6.07 Å². The molecule has 5 nitrogen and oxygen atoms in total. The van der Waals surface area contributed by atoms with Crippen molar-refractivity contribution < 1.29 is 13.2 Å². The molecular weight excluding hydrogens is 392 g/mol. The largest absolute Gasteiger partial charge is 0.312 e. The first-order valence-corrected chi connectivity index (χ1v) is 9.84. The Hall–Kier alpha value is -1.86. The van der Waals surface area contributed by atoms with Crippen molar-refractivity contribution in [1.82, 2.24) is 0 Å². The van der Waals surface area contributed by atoms with Gasteiger partial charge in [-0.25, -0.2) is 8.42 Å². The SMILES string of the molecule is Cc1cc(S(=O)(=O)Nc2ccc(Br)cc2)ccc1N1CCCC1=O. The van der Waals surface area contributed by atoms with E-state index in [2.05, 4.69) is 20.7 Å². The normalized spacial score (nSPS) is 14.9. The number of sulfonamides is 1. The molecule has 24 heavy (non-hydrogen) atoms. The molecule has 0 bridgehead atoms. The van der Waals surface area contributed by atoms with Gasteiger partial charge in [-0.1, -0.05) is 15.9 Å². The van der Waals surface area contributed by atoms with Gasteiger partial charge in [0.1, 0.15) is 0 Å². The molecule has 0 atom stereocenters. The van der Waals surface area contributed by atoms with Crippen molar-refractivity contribution in [1.29, 1.82) is 0 Å². The van der Waals surface area contributed by atoms with E-state index >= 15 is 0 Å². The number of amides is 1. The van der Waals surface area contributed by atoms with Crippen molar-refractivity contribution in [2.45, 2.75) is 24.7 Å². The van der Waals surface area contributed by atoms with E-state index in [-0.39, 0.29) is 10.8 Å². The van der Waals surface area contributed by atoms with E-state index < -0.39 is 10.0 Å². The number of halogens is 1. The van der Waals surface area contributed by atoms with Crippen molar-refractivity contribution >= 4 is 43.2 Å². The molecule has 3 rings (SSSR count). The van der Waals surface area contributed by atoms with Crippen LogP contribution >= 0.6 is 15.9 Å². The number of rotatable bonds is 4. The zero-order valence-electron chi connectivity index (χ0n) is 13.1. The fraction of sp³-hybridized carbons (Fsp3) is 0.235. The number of carbonyl (C=O) groups is 1. The molecule has 1 aliphatic rings. The monoisotopic (exact) mass is 408 g/mol. The molecule has 1 heterocycles. The lowest BCUT2D eigenvalue weighted by molar-refractivity contribution is -0.117. The van der Waals surface area contributed by atoms with Crippen molar-refractivity contribution in [3.05, 3.63) is 52.5 Å². The number of hydrogen-bond donors (Lipinski definition) is 1. The summed E-state index contributed by atoms with van der Waals surface area (Å²) < 4.78 is 28.5. The van der Waals surface area contributed by atoms with Crippen LogP contribution in [0.5, 0.6) is 0 Å². The minimum atomic E-state index is -3.67. The summed E-state index contributed by atoms with van der Waals surface area (Å²) in [6.07, 6.45) is 1.38. The topological polar surface area (TPSA) is 66.5 Å². The van der Waals surface area contributed by atoms with Crippen LogP contribution in [0.25, 0.3) is 0 Å². The van der Waals surface area contributed by atoms with Gasteiger partial charge in [0.25, 0.3) is 10.0 Å². The maximum atomic E-state index is 12.5. The van der Waals surface area contributed by atoms with Crippen molar-refractivity contribution in [2.75, 3.05) is 16.2 Å². The summed E-state index contributed by atoms with van der Waals surface area (Å²) in [5.74, 6) is 0.0849. The van der Waals surface area contributed by atoms with E-state index in [0.717, 1.165) is 22.1 Å². The third-order valence-electron chi connectivity index (χ3n) is 3.94. The molecule has 1 saturated heterocycles.